The van der Waals surface area contributed by atoms with Crippen molar-refractivity contribution in [3.05, 3.63) is 29.5 Å². The molecule has 0 amide bonds. The summed E-state index contributed by atoms with van der Waals surface area (Å²) in [7, 11) is 1.55. The molecule has 1 aliphatic rings. The Balaban J connectivity index is 1.94. The van der Waals surface area contributed by atoms with Crippen LogP contribution in [0.3, 0.4) is 0 Å². The van der Waals surface area contributed by atoms with E-state index >= 15 is 0 Å². The van der Waals surface area contributed by atoms with Crippen LogP contribution >= 0.6 is 0 Å². The number of nitrogens with zero attached hydrogens (tertiary/aromatic N) is 2. The number of fused-ring (bicyclic) bond motifs is 1. The zero-order valence-corrected chi connectivity index (χ0v) is 12.5. The molecule has 1 aromatic heterocycles. The summed E-state index contributed by atoms with van der Waals surface area (Å²) in [6, 6.07) is 5.43. The fourth-order valence-corrected chi connectivity index (χ4v) is 2.93. The third-order valence-electron chi connectivity index (χ3n) is 4.00. The normalized spacial score (nSPS) is 15.0. The van der Waals surface area contributed by atoms with Gasteiger partial charge in [-0.1, -0.05) is 6.92 Å². The van der Waals surface area contributed by atoms with E-state index in [0.717, 1.165) is 43.7 Å². The first-order chi connectivity index (χ1) is 10.2. The minimum absolute atomic E-state index is 0.146. The summed E-state index contributed by atoms with van der Waals surface area (Å²) in [5.41, 5.74) is 4.32. The van der Waals surface area contributed by atoms with Gasteiger partial charge in [0, 0.05) is 36.3 Å². The molecule has 5 nitrogen and oxygen atoms in total. The molecule has 0 atom stereocenters. The van der Waals surface area contributed by atoms with E-state index in [4.69, 9.17) is 4.74 Å². The number of aromatic nitrogens is 2. The molecule has 0 bridgehead atoms. The van der Waals surface area contributed by atoms with E-state index in [1.54, 1.807) is 19.2 Å². The predicted octanol–water partition coefficient (Wildman–Crippen LogP) is 2.56. The molecule has 2 aromatic rings. The maximum atomic E-state index is 9.96. The van der Waals surface area contributed by atoms with Gasteiger partial charge in [0.1, 0.15) is 0 Å². The van der Waals surface area contributed by atoms with Crippen LogP contribution in [-0.2, 0) is 13.0 Å². The second kappa shape index (κ2) is 5.77. The molecule has 1 aromatic carbocycles. The van der Waals surface area contributed by atoms with E-state index in [2.05, 4.69) is 22.0 Å². The van der Waals surface area contributed by atoms with Crippen molar-refractivity contribution in [1.29, 1.82) is 0 Å². The van der Waals surface area contributed by atoms with Gasteiger partial charge in [0.25, 0.3) is 0 Å². The van der Waals surface area contributed by atoms with Gasteiger partial charge < -0.3 is 9.84 Å². The molecule has 0 saturated heterocycles. The molecule has 112 valence electrons. The van der Waals surface area contributed by atoms with Crippen molar-refractivity contribution in [3.63, 3.8) is 0 Å². The summed E-state index contributed by atoms with van der Waals surface area (Å²) >= 11 is 0. The third kappa shape index (κ3) is 2.61. The predicted molar refractivity (Wildman–Crippen MR) is 81.5 cm³/mol. The second-order valence-electron chi connectivity index (χ2n) is 5.44. The number of hydrogen-bond donors (Lipinski definition) is 2. The zero-order chi connectivity index (χ0) is 14.8. The van der Waals surface area contributed by atoms with Crippen LogP contribution in [0.15, 0.2) is 18.2 Å². The van der Waals surface area contributed by atoms with Crippen LogP contribution in [-0.4, -0.2) is 40.4 Å². The van der Waals surface area contributed by atoms with Gasteiger partial charge in [-0.05, 0) is 31.2 Å². The van der Waals surface area contributed by atoms with E-state index in [-0.39, 0.29) is 5.75 Å². The molecule has 0 spiro atoms. The van der Waals surface area contributed by atoms with Gasteiger partial charge in [-0.15, -0.1) is 0 Å². The highest BCUT2D eigenvalue weighted by Gasteiger charge is 2.22. The van der Waals surface area contributed by atoms with E-state index in [1.165, 1.54) is 11.3 Å². The largest absolute Gasteiger partial charge is 0.504 e. The van der Waals surface area contributed by atoms with Gasteiger partial charge in [-0.2, -0.15) is 5.10 Å². The van der Waals surface area contributed by atoms with Crippen molar-refractivity contribution in [2.24, 2.45) is 0 Å². The highest BCUT2D eigenvalue weighted by atomic mass is 16.5. The Bertz CT molecular complexity index is 636. The van der Waals surface area contributed by atoms with Crippen LogP contribution in [0.5, 0.6) is 11.5 Å². The summed E-state index contributed by atoms with van der Waals surface area (Å²) in [6.45, 7) is 5.31. The van der Waals surface area contributed by atoms with Crippen LogP contribution in [0.1, 0.15) is 24.6 Å². The lowest BCUT2D eigenvalue weighted by atomic mass is 10.0. The second-order valence-corrected chi connectivity index (χ2v) is 5.44. The Morgan fingerprint density at radius 2 is 2.29 bits per heavy atom. The Hall–Kier alpha value is -2.01. The van der Waals surface area contributed by atoms with E-state index < -0.39 is 0 Å². The first kappa shape index (κ1) is 13.9. The van der Waals surface area contributed by atoms with Crippen LogP contribution in [0.2, 0.25) is 0 Å². The number of nitrogens with one attached hydrogen (secondary N) is 1. The molecule has 0 saturated carbocycles. The number of benzene rings is 1. The maximum Gasteiger partial charge on any atom is 0.160 e. The van der Waals surface area contributed by atoms with Crippen LogP contribution in [0, 0.1) is 0 Å². The fraction of sp³-hybridized carbons (Fsp3) is 0.438. The summed E-state index contributed by atoms with van der Waals surface area (Å²) in [6.07, 6.45) is 2.16. The minimum Gasteiger partial charge on any atom is -0.504 e. The topological polar surface area (TPSA) is 61.4 Å². The highest BCUT2D eigenvalue weighted by molar-refractivity contribution is 5.67. The fourth-order valence-electron chi connectivity index (χ4n) is 2.93. The number of H-pyrrole nitrogens is 1. The number of phenols is 1. The zero-order valence-electron chi connectivity index (χ0n) is 12.5. The average molecular weight is 287 g/mol. The minimum atomic E-state index is 0.146. The highest BCUT2D eigenvalue weighted by Crippen LogP contribution is 2.34. The number of methoxy groups -OCH3 is 1. The number of hydrogen-bond acceptors (Lipinski definition) is 4. The molecule has 0 fully saturated rings. The maximum absolute atomic E-state index is 9.96. The van der Waals surface area contributed by atoms with Gasteiger partial charge in [-0.25, -0.2) is 0 Å². The molecule has 2 N–H and O–H groups in total. The molecule has 1 aliphatic heterocycles. The Kier molecular flexibility index (Phi) is 3.84. The lowest BCUT2D eigenvalue weighted by Gasteiger charge is -2.26. The lowest BCUT2D eigenvalue weighted by molar-refractivity contribution is 0.254. The summed E-state index contributed by atoms with van der Waals surface area (Å²) < 4.78 is 5.09. The Morgan fingerprint density at radius 3 is 3.00 bits per heavy atom. The molecule has 2 heterocycles. The molecule has 0 radical (unpaired) electrons. The van der Waals surface area contributed by atoms with Gasteiger partial charge in [0.05, 0.1) is 12.8 Å². The molecular weight excluding hydrogens is 266 g/mol. The van der Waals surface area contributed by atoms with Gasteiger partial charge in [0.2, 0.25) is 0 Å². The first-order valence-electron chi connectivity index (χ1n) is 7.38. The molecular formula is C16H21N3O2. The van der Waals surface area contributed by atoms with Crippen molar-refractivity contribution in [1.82, 2.24) is 15.1 Å². The monoisotopic (exact) mass is 287 g/mol. The van der Waals surface area contributed by atoms with Gasteiger partial charge in [-0.3, -0.25) is 10.00 Å². The van der Waals surface area contributed by atoms with Crippen molar-refractivity contribution in [3.8, 4) is 22.8 Å². The van der Waals surface area contributed by atoms with Crippen molar-refractivity contribution in [2.45, 2.75) is 26.3 Å². The van der Waals surface area contributed by atoms with Gasteiger partial charge in [0.15, 0.2) is 11.5 Å². The number of ether oxygens (including phenoxy) is 1. The SMILES string of the molecule is CCCN1CCc2[nH]nc(-c3ccc(OC)c(O)c3)c2C1. The quantitative estimate of drug-likeness (QED) is 0.907. The number of aromatic amines is 1. The van der Waals surface area contributed by atoms with Crippen molar-refractivity contribution in [2.75, 3.05) is 20.2 Å². The Morgan fingerprint density at radius 1 is 1.43 bits per heavy atom. The Labute approximate surface area is 124 Å². The molecule has 5 heteroatoms. The average Bonchev–Trinajstić information content (AvgIpc) is 2.90. The number of phenolic OH excluding ortho intramolecular Hbond substituents is 1. The van der Waals surface area contributed by atoms with Crippen molar-refractivity contribution >= 4 is 0 Å². The van der Waals surface area contributed by atoms with E-state index in [1.807, 2.05) is 6.07 Å². The van der Waals surface area contributed by atoms with E-state index in [0.29, 0.717) is 5.75 Å². The van der Waals surface area contributed by atoms with Crippen LogP contribution in [0.4, 0.5) is 0 Å². The number of aromatic hydroxyl groups is 1. The van der Waals surface area contributed by atoms with Gasteiger partial charge >= 0.3 is 0 Å². The first-order valence-corrected chi connectivity index (χ1v) is 7.38. The molecule has 0 aliphatic carbocycles. The summed E-state index contributed by atoms with van der Waals surface area (Å²) in [5.74, 6) is 0.628. The third-order valence-corrected chi connectivity index (χ3v) is 4.00. The van der Waals surface area contributed by atoms with Crippen LogP contribution < -0.4 is 4.74 Å². The number of rotatable bonds is 4. The summed E-state index contributed by atoms with van der Waals surface area (Å²) in [5, 5.41) is 17.6. The smallest absolute Gasteiger partial charge is 0.160 e. The lowest BCUT2D eigenvalue weighted by Crippen LogP contribution is -2.31. The molecule has 21 heavy (non-hydrogen) atoms. The van der Waals surface area contributed by atoms with Crippen LogP contribution in [0.25, 0.3) is 11.3 Å². The van der Waals surface area contributed by atoms with Crippen molar-refractivity contribution < 1.29 is 9.84 Å². The molecule has 0 unspecified atom stereocenters. The van der Waals surface area contributed by atoms with E-state index in [9.17, 15) is 5.11 Å². The standard InChI is InChI=1S/C16H21N3O2/c1-3-7-19-8-6-13-12(10-19)16(18-17-13)11-4-5-15(21-2)14(20)9-11/h4-5,9,20H,3,6-8,10H2,1-2H3,(H,17,18). The molecule has 3 rings (SSSR count). The summed E-state index contributed by atoms with van der Waals surface area (Å²) in [4.78, 5) is 2.45.